The number of anilines is 2. The Morgan fingerprint density at radius 3 is 2.45 bits per heavy atom. The lowest BCUT2D eigenvalue weighted by atomic mass is 10.1. The summed E-state index contributed by atoms with van der Waals surface area (Å²) in [6.07, 6.45) is -0.430. The number of nitrogens with one attached hydrogen (secondary N) is 2. The van der Waals surface area contributed by atoms with Crippen molar-refractivity contribution in [2.24, 2.45) is 0 Å². The van der Waals surface area contributed by atoms with Gasteiger partial charge in [-0.05, 0) is 41.6 Å². The number of para-hydroxylation sites is 1. The molecular weight excluding hydrogens is 404 g/mol. The monoisotopic (exact) mass is 424 g/mol. The van der Waals surface area contributed by atoms with E-state index >= 15 is 0 Å². The fourth-order valence-corrected chi connectivity index (χ4v) is 2.64. The van der Waals surface area contributed by atoms with Crippen molar-refractivity contribution in [3.63, 3.8) is 0 Å². The Hall–Kier alpha value is -4.28. The zero-order chi connectivity index (χ0) is 22.2. The van der Waals surface area contributed by atoms with Gasteiger partial charge in [-0.25, -0.2) is 0 Å². The van der Waals surface area contributed by atoms with Crippen LogP contribution >= 0.6 is 0 Å². The number of benzene rings is 2. The quantitative estimate of drug-likeness (QED) is 0.471. The van der Waals surface area contributed by atoms with Crippen LogP contribution < -0.4 is 15.4 Å². The first kappa shape index (κ1) is 21.4. The molecule has 0 aliphatic rings. The maximum absolute atomic E-state index is 12.2. The number of ether oxygens (including phenoxy) is 1. The molecule has 1 aromatic heterocycles. The number of rotatable bonds is 9. The maximum atomic E-state index is 12.2. The SMILES string of the molecule is COc1ccc(NC(=O)Cn2nnc(-c3ccccc3NC(=O)CCC(=O)O)n2)cc1. The number of carboxylic acid groups (broad SMARTS) is 1. The van der Waals surface area contributed by atoms with E-state index in [1.807, 2.05) is 0 Å². The minimum Gasteiger partial charge on any atom is -0.497 e. The number of carboxylic acids is 1. The molecule has 11 nitrogen and oxygen atoms in total. The van der Waals surface area contributed by atoms with Crippen molar-refractivity contribution in [1.29, 1.82) is 0 Å². The van der Waals surface area contributed by atoms with Gasteiger partial charge in [0.15, 0.2) is 0 Å². The van der Waals surface area contributed by atoms with Crippen LogP contribution in [-0.4, -0.2) is 50.2 Å². The van der Waals surface area contributed by atoms with E-state index in [2.05, 4.69) is 26.0 Å². The molecule has 11 heteroatoms. The summed E-state index contributed by atoms with van der Waals surface area (Å²) in [5.41, 5.74) is 1.51. The molecule has 0 aliphatic heterocycles. The van der Waals surface area contributed by atoms with Gasteiger partial charge in [0.1, 0.15) is 12.3 Å². The van der Waals surface area contributed by atoms with E-state index < -0.39 is 11.9 Å². The Bertz CT molecular complexity index is 1080. The largest absolute Gasteiger partial charge is 0.497 e. The first-order chi connectivity index (χ1) is 14.9. The van der Waals surface area contributed by atoms with E-state index in [4.69, 9.17) is 9.84 Å². The normalized spacial score (nSPS) is 10.4. The first-order valence-electron chi connectivity index (χ1n) is 9.27. The predicted molar refractivity (Wildman–Crippen MR) is 110 cm³/mol. The molecular formula is C20H20N6O5. The lowest BCUT2D eigenvalue weighted by Crippen LogP contribution is -2.20. The number of carbonyl (C=O) groups is 3. The van der Waals surface area contributed by atoms with Crippen LogP contribution in [0.5, 0.6) is 5.75 Å². The Kier molecular flexibility index (Phi) is 6.89. The van der Waals surface area contributed by atoms with Crippen molar-refractivity contribution in [3.8, 4) is 17.1 Å². The molecule has 0 spiro atoms. The predicted octanol–water partition coefficient (Wildman–Crippen LogP) is 1.79. The topological polar surface area (TPSA) is 148 Å². The van der Waals surface area contributed by atoms with Gasteiger partial charge in [0.05, 0.1) is 19.2 Å². The van der Waals surface area contributed by atoms with Crippen molar-refractivity contribution < 1.29 is 24.2 Å². The highest BCUT2D eigenvalue weighted by Gasteiger charge is 2.15. The fraction of sp³-hybridized carbons (Fsp3) is 0.200. The van der Waals surface area contributed by atoms with E-state index in [-0.39, 0.29) is 31.1 Å². The summed E-state index contributed by atoms with van der Waals surface area (Å²) in [6, 6.07) is 13.6. The second-order valence-electron chi connectivity index (χ2n) is 6.41. The van der Waals surface area contributed by atoms with E-state index in [1.54, 1.807) is 55.6 Å². The molecule has 0 saturated heterocycles. The highest BCUT2D eigenvalue weighted by atomic mass is 16.5. The van der Waals surface area contributed by atoms with Crippen LogP contribution in [0.3, 0.4) is 0 Å². The van der Waals surface area contributed by atoms with Crippen LogP contribution in [-0.2, 0) is 20.9 Å². The van der Waals surface area contributed by atoms with Crippen molar-refractivity contribution >= 4 is 29.2 Å². The number of nitrogens with zero attached hydrogens (tertiary/aromatic N) is 4. The molecule has 0 unspecified atom stereocenters. The number of tetrazole rings is 1. The molecule has 31 heavy (non-hydrogen) atoms. The van der Waals surface area contributed by atoms with E-state index in [0.29, 0.717) is 22.7 Å². The molecule has 3 N–H and O–H groups in total. The van der Waals surface area contributed by atoms with Gasteiger partial charge in [-0.3, -0.25) is 14.4 Å². The Balaban J connectivity index is 1.65. The summed E-state index contributed by atoms with van der Waals surface area (Å²) >= 11 is 0. The molecule has 0 aliphatic carbocycles. The Morgan fingerprint density at radius 2 is 1.74 bits per heavy atom. The highest BCUT2D eigenvalue weighted by molar-refractivity contribution is 5.95. The zero-order valence-electron chi connectivity index (χ0n) is 16.6. The number of aromatic nitrogens is 4. The van der Waals surface area contributed by atoms with Gasteiger partial charge in [0.2, 0.25) is 17.6 Å². The van der Waals surface area contributed by atoms with Crippen molar-refractivity contribution in [2.45, 2.75) is 19.4 Å². The van der Waals surface area contributed by atoms with Crippen molar-refractivity contribution in [2.75, 3.05) is 17.7 Å². The van der Waals surface area contributed by atoms with E-state index in [0.717, 1.165) is 4.80 Å². The second kappa shape index (κ2) is 9.96. The summed E-state index contributed by atoms with van der Waals surface area (Å²) in [5.74, 6) is -0.952. The van der Waals surface area contributed by atoms with Gasteiger partial charge >= 0.3 is 5.97 Å². The van der Waals surface area contributed by atoms with Crippen molar-refractivity contribution in [1.82, 2.24) is 20.2 Å². The summed E-state index contributed by atoms with van der Waals surface area (Å²) in [4.78, 5) is 36.0. The fourth-order valence-electron chi connectivity index (χ4n) is 2.64. The smallest absolute Gasteiger partial charge is 0.303 e. The Labute approximate surface area is 177 Å². The van der Waals surface area contributed by atoms with Crippen molar-refractivity contribution in [3.05, 3.63) is 48.5 Å². The number of aliphatic carboxylic acids is 1. The van der Waals surface area contributed by atoms with E-state index in [1.165, 1.54) is 0 Å². The highest BCUT2D eigenvalue weighted by Crippen LogP contribution is 2.24. The molecule has 0 atom stereocenters. The third-order valence-corrected chi connectivity index (χ3v) is 4.12. The molecule has 3 aromatic rings. The molecule has 0 saturated carbocycles. The molecule has 0 radical (unpaired) electrons. The molecule has 160 valence electrons. The van der Waals surface area contributed by atoms with Crippen LogP contribution in [0.1, 0.15) is 12.8 Å². The third-order valence-electron chi connectivity index (χ3n) is 4.12. The minimum atomic E-state index is -1.05. The summed E-state index contributed by atoms with van der Waals surface area (Å²) in [7, 11) is 1.56. The minimum absolute atomic E-state index is 0.157. The van der Waals surface area contributed by atoms with Gasteiger partial charge < -0.3 is 20.5 Å². The van der Waals surface area contributed by atoms with Crippen LogP contribution in [0, 0.1) is 0 Å². The average molecular weight is 424 g/mol. The number of hydrogen-bond acceptors (Lipinski definition) is 7. The third kappa shape index (κ3) is 6.10. The molecule has 2 aromatic carbocycles. The number of carbonyl (C=O) groups excluding carboxylic acids is 2. The van der Waals surface area contributed by atoms with Crippen LogP contribution in [0.4, 0.5) is 11.4 Å². The lowest BCUT2D eigenvalue weighted by Gasteiger charge is -2.08. The van der Waals surface area contributed by atoms with Crippen LogP contribution in [0.25, 0.3) is 11.4 Å². The molecule has 3 rings (SSSR count). The number of hydrogen-bond donors (Lipinski definition) is 3. The van der Waals surface area contributed by atoms with Gasteiger partial charge in [-0.1, -0.05) is 12.1 Å². The number of amides is 2. The first-order valence-corrected chi connectivity index (χ1v) is 9.27. The number of methoxy groups -OCH3 is 1. The van der Waals surface area contributed by atoms with Gasteiger partial charge in [-0.2, -0.15) is 4.80 Å². The molecule has 0 bridgehead atoms. The lowest BCUT2D eigenvalue weighted by molar-refractivity contribution is -0.138. The summed E-state index contributed by atoms with van der Waals surface area (Å²) in [5, 5.41) is 26.1. The van der Waals surface area contributed by atoms with Gasteiger partial charge in [0, 0.05) is 17.7 Å². The average Bonchev–Trinajstić information content (AvgIpc) is 3.21. The summed E-state index contributed by atoms with van der Waals surface area (Å²) in [6.45, 7) is -0.161. The molecule has 1 heterocycles. The molecule has 0 fully saturated rings. The second-order valence-corrected chi connectivity index (χ2v) is 6.41. The Morgan fingerprint density at radius 1 is 1.00 bits per heavy atom. The van der Waals surface area contributed by atoms with E-state index in [9.17, 15) is 14.4 Å². The van der Waals surface area contributed by atoms with Gasteiger partial charge in [0.25, 0.3) is 0 Å². The maximum Gasteiger partial charge on any atom is 0.303 e. The summed E-state index contributed by atoms with van der Waals surface area (Å²) < 4.78 is 5.07. The van der Waals surface area contributed by atoms with Gasteiger partial charge in [-0.15, -0.1) is 10.2 Å². The molecule has 2 amide bonds. The van der Waals surface area contributed by atoms with Crippen LogP contribution in [0.15, 0.2) is 48.5 Å². The standard InChI is InChI=1S/C20H20N6O5/c1-31-14-8-6-13(7-9-14)21-18(28)12-26-24-20(23-25-26)15-4-2-3-5-16(15)22-17(27)10-11-19(29)30/h2-9H,10-12H2,1H3,(H,21,28)(H,22,27)(H,29,30). The van der Waals surface area contributed by atoms with Crippen LogP contribution in [0.2, 0.25) is 0 Å². The zero-order valence-corrected chi connectivity index (χ0v) is 16.6.